The molecule has 0 aliphatic carbocycles. The number of hydrogen-bond donors (Lipinski definition) is 1. The fourth-order valence-corrected chi connectivity index (χ4v) is 5.08. The number of carbonyl (C=O) groups is 2. The van der Waals surface area contributed by atoms with Gasteiger partial charge in [-0.25, -0.2) is 8.42 Å². The summed E-state index contributed by atoms with van der Waals surface area (Å²) >= 11 is 0. The summed E-state index contributed by atoms with van der Waals surface area (Å²) in [6, 6.07) is 13.7. The van der Waals surface area contributed by atoms with Gasteiger partial charge in [-0.15, -0.1) is 0 Å². The normalized spacial score (nSPS) is 16.1. The Hall–Kier alpha value is -3.11. The van der Waals surface area contributed by atoms with Crippen molar-refractivity contribution in [1.82, 2.24) is 14.5 Å². The zero-order valence-corrected chi connectivity index (χ0v) is 18.3. The van der Waals surface area contributed by atoms with Crippen molar-refractivity contribution in [2.45, 2.75) is 24.3 Å². The van der Waals surface area contributed by atoms with Crippen molar-refractivity contribution in [3.8, 4) is 11.5 Å². The smallest absolute Gasteiger partial charge is 0.243 e. The average molecular weight is 460 g/mol. The van der Waals surface area contributed by atoms with Crippen LogP contribution in [0.15, 0.2) is 53.4 Å². The van der Waals surface area contributed by atoms with E-state index in [1.54, 1.807) is 41.3 Å². The molecule has 1 fully saturated rings. The maximum absolute atomic E-state index is 12.7. The first-order chi connectivity index (χ1) is 15.4. The number of nitrogens with one attached hydrogen (secondary N) is 1. The van der Waals surface area contributed by atoms with Crippen LogP contribution in [0.1, 0.15) is 18.4 Å². The predicted molar refractivity (Wildman–Crippen MR) is 115 cm³/mol. The molecule has 2 aliphatic heterocycles. The van der Waals surface area contributed by atoms with Gasteiger partial charge in [0.15, 0.2) is 11.5 Å². The van der Waals surface area contributed by atoms with Crippen molar-refractivity contribution in [3.05, 3.63) is 54.1 Å². The second kappa shape index (κ2) is 9.58. The summed E-state index contributed by atoms with van der Waals surface area (Å²) in [4.78, 5) is 26.5. The van der Waals surface area contributed by atoms with E-state index in [9.17, 15) is 18.0 Å². The molecule has 32 heavy (non-hydrogen) atoms. The highest BCUT2D eigenvalue weighted by Crippen LogP contribution is 2.32. The van der Waals surface area contributed by atoms with Crippen LogP contribution in [0.25, 0.3) is 0 Å². The van der Waals surface area contributed by atoms with Gasteiger partial charge in [0.05, 0.1) is 4.90 Å². The third-order valence-electron chi connectivity index (χ3n) is 5.46. The van der Waals surface area contributed by atoms with Gasteiger partial charge < -0.3 is 19.7 Å². The lowest BCUT2D eigenvalue weighted by Crippen LogP contribution is -2.50. The van der Waals surface area contributed by atoms with Crippen LogP contribution in [0.4, 0.5) is 0 Å². The number of benzene rings is 2. The SMILES string of the molecule is O=C(CCC(=O)N1CCN(S(=O)(=O)c2ccccc2)CC1)NCc1ccc2c(c1)OCO2. The van der Waals surface area contributed by atoms with Crippen molar-refractivity contribution in [1.29, 1.82) is 0 Å². The standard InChI is InChI=1S/C22H25N3O6S/c26-21(23-15-17-6-7-19-20(14-17)31-16-30-19)8-9-22(27)24-10-12-25(13-11-24)32(28,29)18-4-2-1-3-5-18/h1-7,14H,8-13,15-16H2,(H,23,26). The molecule has 0 aromatic heterocycles. The second-order valence-electron chi connectivity index (χ2n) is 7.56. The predicted octanol–water partition coefficient (Wildman–Crippen LogP) is 1.34. The molecular weight excluding hydrogens is 434 g/mol. The molecule has 4 rings (SSSR count). The molecule has 0 bridgehead atoms. The van der Waals surface area contributed by atoms with E-state index in [1.165, 1.54) is 4.31 Å². The zero-order valence-electron chi connectivity index (χ0n) is 17.5. The molecule has 170 valence electrons. The summed E-state index contributed by atoms with van der Waals surface area (Å²) < 4.78 is 37.3. The van der Waals surface area contributed by atoms with Crippen molar-refractivity contribution in [2.24, 2.45) is 0 Å². The van der Waals surface area contributed by atoms with E-state index in [2.05, 4.69) is 5.32 Å². The largest absolute Gasteiger partial charge is 0.454 e. The lowest BCUT2D eigenvalue weighted by Gasteiger charge is -2.34. The molecule has 2 heterocycles. The van der Waals surface area contributed by atoms with Gasteiger partial charge in [0, 0.05) is 45.6 Å². The molecular formula is C22H25N3O6S. The quantitative estimate of drug-likeness (QED) is 0.670. The average Bonchev–Trinajstić information content (AvgIpc) is 3.30. The molecule has 0 unspecified atom stereocenters. The van der Waals surface area contributed by atoms with Crippen molar-refractivity contribution >= 4 is 21.8 Å². The van der Waals surface area contributed by atoms with Crippen LogP contribution >= 0.6 is 0 Å². The van der Waals surface area contributed by atoms with Gasteiger partial charge in [0.2, 0.25) is 28.6 Å². The first-order valence-corrected chi connectivity index (χ1v) is 11.9. The summed E-state index contributed by atoms with van der Waals surface area (Å²) in [6.07, 6.45) is 0.157. The Kier molecular flexibility index (Phi) is 6.61. The molecule has 1 saturated heterocycles. The molecule has 2 aliphatic rings. The number of sulfonamides is 1. The molecule has 10 heteroatoms. The highest BCUT2D eigenvalue weighted by atomic mass is 32.2. The van der Waals surface area contributed by atoms with E-state index in [1.807, 2.05) is 12.1 Å². The molecule has 1 N–H and O–H groups in total. The summed E-state index contributed by atoms with van der Waals surface area (Å²) in [5.74, 6) is 0.962. The van der Waals surface area contributed by atoms with Crippen LogP contribution in [0.5, 0.6) is 11.5 Å². The number of amides is 2. The van der Waals surface area contributed by atoms with E-state index in [-0.39, 0.29) is 49.4 Å². The lowest BCUT2D eigenvalue weighted by atomic mass is 10.2. The molecule has 2 amide bonds. The van der Waals surface area contributed by atoms with E-state index in [4.69, 9.17) is 9.47 Å². The second-order valence-corrected chi connectivity index (χ2v) is 9.50. The number of piperazine rings is 1. The third-order valence-corrected chi connectivity index (χ3v) is 7.38. The van der Waals surface area contributed by atoms with Crippen molar-refractivity contribution < 1.29 is 27.5 Å². The van der Waals surface area contributed by atoms with Crippen LogP contribution in [-0.2, 0) is 26.2 Å². The van der Waals surface area contributed by atoms with Crippen LogP contribution in [0.3, 0.4) is 0 Å². The van der Waals surface area contributed by atoms with Gasteiger partial charge in [-0.05, 0) is 29.8 Å². The Bertz CT molecular complexity index is 1080. The number of rotatable bonds is 7. The number of carbonyl (C=O) groups excluding carboxylic acids is 2. The zero-order chi connectivity index (χ0) is 22.6. The number of fused-ring (bicyclic) bond motifs is 1. The van der Waals surface area contributed by atoms with Crippen LogP contribution < -0.4 is 14.8 Å². The van der Waals surface area contributed by atoms with Gasteiger partial charge in [-0.1, -0.05) is 24.3 Å². The summed E-state index contributed by atoms with van der Waals surface area (Å²) in [6.45, 7) is 1.62. The van der Waals surface area contributed by atoms with Crippen molar-refractivity contribution in [2.75, 3.05) is 33.0 Å². The van der Waals surface area contributed by atoms with E-state index in [0.717, 1.165) is 5.56 Å². The highest BCUT2D eigenvalue weighted by molar-refractivity contribution is 7.89. The Morgan fingerprint density at radius 2 is 1.62 bits per heavy atom. The summed E-state index contributed by atoms with van der Waals surface area (Å²) in [7, 11) is -3.56. The van der Waals surface area contributed by atoms with Gasteiger partial charge >= 0.3 is 0 Å². The van der Waals surface area contributed by atoms with Crippen molar-refractivity contribution in [3.63, 3.8) is 0 Å². The first-order valence-electron chi connectivity index (χ1n) is 10.4. The number of nitrogens with zero attached hydrogens (tertiary/aromatic N) is 2. The number of ether oxygens (including phenoxy) is 2. The third kappa shape index (κ3) is 5.03. The molecule has 0 spiro atoms. The van der Waals surface area contributed by atoms with Crippen LogP contribution in [0, 0.1) is 0 Å². The minimum atomic E-state index is -3.56. The van der Waals surface area contributed by atoms with Gasteiger partial charge in [0.1, 0.15) is 0 Å². The molecule has 0 atom stereocenters. The molecule has 9 nitrogen and oxygen atoms in total. The summed E-state index contributed by atoms with van der Waals surface area (Å²) in [5, 5.41) is 2.80. The first kappa shape index (κ1) is 22.1. The highest BCUT2D eigenvalue weighted by Gasteiger charge is 2.30. The Morgan fingerprint density at radius 3 is 2.38 bits per heavy atom. The fourth-order valence-electron chi connectivity index (χ4n) is 3.64. The van der Waals surface area contributed by atoms with E-state index < -0.39 is 10.0 Å². The summed E-state index contributed by atoms with van der Waals surface area (Å²) in [5.41, 5.74) is 0.879. The van der Waals surface area contributed by atoms with Gasteiger partial charge in [-0.2, -0.15) is 4.31 Å². The minimum absolute atomic E-state index is 0.0753. The van der Waals surface area contributed by atoms with Gasteiger partial charge in [0.25, 0.3) is 0 Å². The van der Waals surface area contributed by atoms with Gasteiger partial charge in [-0.3, -0.25) is 9.59 Å². The molecule has 0 saturated carbocycles. The van der Waals surface area contributed by atoms with E-state index >= 15 is 0 Å². The van der Waals surface area contributed by atoms with Crippen LogP contribution in [0.2, 0.25) is 0 Å². The van der Waals surface area contributed by atoms with E-state index in [0.29, 0.717) is 31.1 Å². The Labute approximate surface area is 187 Å². The molecule has 2 aromatic carbocycles. The number of hydrogen-bond acceptors (Lipinski definition) is 6. The minimum Gasteiger partial charge on any atom is -0.454 e. The maximum Gasteiger partial charge on any atom is 0.243 e. The van der Waals surface area contributed by atoms with Crippen LogP contribution in [-0.4, -0.2) is 62.4 Å². The molecule has 0 radical (unpaired) electrons. The maximum atomic E-state index is 12.7. The monoisotopic (exact) mass is 459 g/mol. The Balaban J connectivity index is 1.20. The lowest BCUT2D eigenvalue weighted by molar-refractivity contribution is -0.134. The molecule has 2 aromatic rings. The Morgan fingerprint density at radius 1 is 0.906 bits per heavy atom. The topological polar surface area (TPSA) is 105 Å². The fraction of sp³-hybridized carbons (Fsp3) is 0.364.